The van der Waals surface area contributed by atoms with Crippen LogP contribution < -0.4 is 15.2 Å². The first-order valence-corrected chi connectivity index (χ1v) is 7.68. The lowest BCUT2D eigenvalue weighted by Gasteiger charge is -2.26. The highest BCUT2D eigenvalue weighted by atomic mass is 35.5. The second-order valence-corrected chi connectivity index (χ2v) is 7.07. The fraction of sp³-hybridized carbons (Fsp3) is 0.438. The van der Waals surface area contributed by atoms with E-state index in [0.29, 0.717) is 5.17 Å². The van der Waals surface area contributed by atoms with Gasteiger partial charge in [0.1, 0.15) is 0 Å². The van der Waals surface area contributed by atoms with E-state index in [2.05, 4.69) is 31.8 Å². The van der Waals surface area contributed by atoms with Crippen molar-refractivity contribution >= 4 is 29.3 Å². The normalized spacial score (nSPS) is 18.0. The number of nitrogens with two attached hydrogens (primary N) is 1. The molecule has 1 aromatic rings. The number of nitrogens with zero attached hydrogens (tertiary/aromatic N) is 1. The molecule has 0 saturated heterocycles. The molecule has 1 heterocycles. The molecule has 0 spiro atoms. The Balaban J connectivity index is 0.00000242. The Bertz CT molecular complexity index is 594. The van der Waals surface area contributed by atoms with Crippen LogP contribution in [0.3, 0.4) is 0 Å². The lowest BCUT2D eigenvalue weighted by Crippen LogP contribution is -2.19. The Labute approximate surface area is 142 Å². The number of rotatable bonds is 3. The molecule has 2 N–H and O–H groups in total. The van der Waals surface area contributed by atoms with E-state index in [1.54, 1.807) is 26.0 Å². The molecule has 22 heavy (non-hydrogen) atoms. The number of ether oxygens (including phenoxy) is 2. The maximum Gasteiger partial charge on any atom is 0.161 e. The molecule has 0 aliphatic carbocycles. The minimum absolute atomic E-state index is 0. The standard InChI is InChI=1S/C16H22N2O2S.ClH/c1-16(2,3)14-9-13(21-15(17)18-14)10-6-7-11(19-4)12(8-10)20-5;/h6-9,13H,1-5H3,(H2,17,18);1H. The SMILES string of the molecule is COc1ccc(C2C=C(C(C)(C)C)N=C(N)S2)cc1OC.Cl. The molecule has 1 aliphatic heterocycles. The molecule has 1 aromatic carbocycles. The number of thioether (sulfide) groups is 1. The molecular formula is C16H23ClN2O2S. The van der Waals surface area contributed by atoms with Crippen molar-refractivity contribution in [3.05, 3.63) is 35.5 Å². The maximum atomic E-state index is 5.99. The number of allylic oxidation sites excluding steroid dienone is 1. The molecule has 1 atom stereocenters. The van der Waals surface area contributed by atoms with Gasteiger partial charge in [-0.3, -0.25) is 0 Å². The summed E-state index contributed by atoms with van der Waals surface area (Å²) in [4.78, 5) is 4.47. The van der Waals surface area contributed by atoms with Gasteiger partial charge in [-0.1, -0.05) is 38.6 Å². The number of methoxy groups -OCH3 is 2. The van der Waals surface area contributed by atoms with Crippen molar-refractivity contribution in [2.24, 2.45) is 16.1 Å². The minimum Gasteiger partial charge on any atom is -0.493 e. The number of benzene rings is 1. The second kappa shape index (κ2) is 7.29. The highest BCUT2D eigenvalue weighted by Crippen LogP contribution is 2.42. The van der Waals surface area contributed by atoms with Crippen molar-refractivity contribution in [1.82, 2.24) is 0 Å². The molecule has 0 saturated carbocycles. The summed E-state index contributed by atoms with van der Waals surface area (Å²) in [6, 6.07) is 5.95. The summed E-state index contributed by atoms with van der Waals surface area (Å²) in [5.41, 5.74) is 8.10. The molecule has 1 aliphatic rings. The van der Waals surface area contributed by atoms with E-state index in [-0.39, 0.29) is 23.1 Å². The van der Waals surface area contributed by atoms with Crippen molar-refractivity contribution in [1.29, 1.82) is 0 Å². The van der Waals surface area contributed by atoms with Crippen molar-refractivity contribution in [2.45, 2.75) is 26.0 Å². The Morgan fingerprint density at radius 2 is 1.77 bits per heavy atom. The largest absolute Gasteiger partial charge is 0.493 e. The Kier molecular flexibility index (Phi) is 6.20. The van der Waals surface area contributed by atoms with Gasteiger partial charge in [0.2, 0.25) is 0 Å². The van der Waals surface area contributed by atoms with Gasteiger partial charge >= 0.3 is 0 Å². The van der Waals surface area contributed by atoms with Crippen LogP contribution in [0.4, 0.5) is 0 Å². The number of aliphatic imine (C=N–C) groups is 1. The molecule has 122 valence electrons. The van der Waals surface area contributed by atoms with Gasteiger partial charge in [0.05, 0.1) is 19.5 Å². The zero-order valence-electron chi connectivity index (χ0n) is 13.5. The summed E-state index contributed by atoms with van der Waals surface area (Å²) in [5.74, 6) is 1.45. The van der Waals surface area contributed by atoms with Crippen LogP contribution in [-0.4, -0.2) is 19.4 Å². The molecule has 0 aromatic heterocycles. The predicted octanol–water partition coefficient (Wildman–Crippen LogP) is 4.16. The summed E-state index contributed by atoms with van der Waals surface area (Å²) in [6.07, 6.45) is 2.17. The van der Waals surface area contributed by atoms with Crippen LogP contribution in [0.2, 0.25) is 0 Å². The summed E-state index contributed by atoms with van der Waals surface area (Å²) in [7, 11) is 3.27. The lowest BCUT2D eigenvalue weighted by atomic mass is 9.91. The van der Waals surface area contributed by atoms with Crippen LogP contribution in [-0.2, 0) is 0 Å². The topological polar surface area (TPSA) is 56.8 Å². The van der Waals surface area contributed by atoms with Gasteiger partial charge in [-0.2, -0.15) is 0 Å². The molecule has 4 nitrogen and oxygen atoms in total. The Morgan fingerprint density at radius 1 is 1.14 bits per heavy atom. The molecule has 1 unspecified atom stereocenters. The molecule has 0 bridgehead atoms. The maximum absolute atomic E-state index is 5.99. The van der Waals surface area contributed by atoms with Gasteiger partial charge in [-0.25, -0.2) is 4.99 Å². The van der Waals surface area contributed by atoms with Crippen LogP contribution in [0, 0.1) is 5.41 Å². The van der Waals surface area contributed by atoms with Gasteiger partial charge in [-0.15, -0.1) is 12.4 Å². The molecule has 2 rings (SSSR count). The predicted molar refractivity (Wildman–Crippen MR) is 96.3 cm³/mol. The molecule has 0 radical (unpaired) electrons. The highest BCUT2D eigenvalue weighted by molar-refractivity contribution is 8.14. The van der Waals surface area contributed by atoms with Gasteiger partial charge < -0.3 is 15.2 Å². The number of amidine groups is 1. The van der Waals surface area contributed by atoms with Crippen LogP contribution in [0.25, 0.3) is 0 Å². The molecular weight excluding hydrogens is 320 g/mol. The van der Waals surface area contributed by atoms with Crippen LogP contribution >= 0.6 is 24.2 Å². The van der Waals surface area contributed by atoms with E-state index in [9.17, 15) is 0 Å². The third-order valence-corrected chi connectivity index (χ3v) is 4.29. The number of hydrogen-bond acceptors (Lipinski definition) is 5. The number of hydrogen-bond donors (Lipinski definition) is 1. The molecule has 0 amide bonds. The third kappa shape index (κ3) is 4.11. The van der Waals surface area contributed by atoms with E-state index in [1.807, 2.05) is 18.2 Å². The lowest BCUT2D eigenvalue weighted by molar-refractivity contribution is 0.354. The summed E-state index contributed by atoms with van der Waals surface area (Å²) < 4.78 is 10.7. The zero-order valence-corrected chi connectivity index (χ0v) is 15.2. The average Bonchev–Trinajstić information content (AvgIpc) is 2.45. The van der Waals surface area contributed by atoms with E-state index in [0.717, 1.165) is 22.8 Å². The second-order valence-electron chi connectivity index (χ2n) is 5.90. The number of halogens is 1. The van der Waals surface area contributed by atoms with E-state index >= 15 is 0 Å². The monoisotopic (exact) mass is 342 g/mol. The van der Waals surface area contributed by atoms with Crippen molar-refractivity contribution in [3.8, 4) is 11.5 Å². The fourth-order valence-electron chi connectivity index (χ4n) is 2.10. The minimum atomic E-state index is -0.0274. The molecule has 0 fully saturated rings. The van der Waals surface area contributed by atoms with Crippen molar-refractivity contribution < 1.29 is 9.47 Å². The van der Waals surface area contributed by atoms with Crippen molar-refractivity contribution in [2.75, 3.05) is 14.2 Å². The van der Waals surface area contributed by atoms with Crippen LogP contribution in [0.15, 0.2) is 35.0 Å². The summed E-state index contributed by atoms with van der Waals surface area (Å²) in [6.45, 7) is 6.41. The van der Waals surface area contributed by atoms with Crippen molar-refractivity contribution in [3.63, 3.8) is 0 Å². The fourth-order valence-corrected chi connectivity index (χ4v) is 2.99. The van der Waals surface area contributed by atoms with E-state index < -0.39 is 0 Å². The summed E-state index contributed by atoms with van der Waals surface area (Å²) in [5, 5.41) is 0.735. The van der Waals surface area contributed by atoms with Gasteiger partial charge in [0.25, 0.3) is 0 Å². The first-order valence-electron chi connectivity index (χ1n) is 6.80. The average molecular weight is 343 g/mol. The van der Waals surface area contributed by atoms with Crippen LogP contribution in [0.1, 0.15) is 31.6 Å². The Hall–Kier alpha value is -1.33. The van der Waals surface area contributed by atoms with Crippen LogP contribution in [0.5, 0.6) is 11.5 Å². The highest BCUT2D eigenvalue weighted by Gasteiger charge is 2.25. The summed E-state index contributed by atoms with van der Waals surface area (Å²) >= 11 is 1.55. The quantitative estimate of drug-likeness (QED) is 0.896. The van der Waals surface area contributed by atoms with Gasteiger partial charge in [0, 0.05) is 11.1 Å². The molecule has 6 heteroatoms. The smallest absolute Gasteiger partial charge is 0.161 e. The van der Waals surface area contributed by atoms with E-state index in [4.69, 9.17) is 15.2 Å². The Morgan fingerprint density at radius 3 is 2.32 bits per heavy atom. The van der Waals surface area contributed by atoms with Gasteiger partial charge in [0.15, 0.2) is 16.7 Å². The van der Waals surface area contributed by atoms with E-state index in [1.165, 1.54) is 0 Å². The third-order valence-electron chi connectivity index (χ3n) is 3.29. The first kappa shape index (κ1) is 18.7. The first-order chi connectivity index (χ1) is 9.85. The van der Waals surface area contributed by atoms with Gasteiger partial charge in [-0.05, 0) is 23.8 Å². The zero-order chi connectivity index (χ0) is 15.6.